The van der Waals surface area contributed by atoms with E-state index in [-0.39, 0.29) is 24.5 Å². The second-order valence-electron chi connectivity index (χ2n) is 12.6. The fourth-order valence-corrected chi connectivity index (χ4v) is 5.48. The lowest BCUT2D eigenvalue weighted by atomic mass is 10.0. The van der Waals surface area contributed by atoms with E-state index >= 15 is 0 Å². The SMILES string of the molecule is CCCCCCCCCCCCCCCCCCOCCOCCOCCOCCOC(=O)c1ccccc1Nc1cccc(C(F)(F)F)c1. The van der Waals surface area contributed by atoms with Crippen LogP contribution in [0.15, 0.2) is 48.5 Å². The van der Waals surface area contributed by atoms with E-state index in [9.17, 15) is 18.0 Å². The average Bonchev–Trinajstić information content (AvgIpc) is 3.11. The largest absolute Gasteiger partial charge is 0.460 e. The number of esters is 1. The highest BCUT2D eigenvalue weighted by molar-refractivity contribution is 5.96. The van der Waals surface area contributed by atoms with Crippen LogP contribution in [0.1, 0.15) is 126 Å². The van der Waals surface area contributed by atoms with E-state index in [4.69, 9.17) is 23.7 Å². The van der Waals surface area contributed by atoms with Crippen molar-refractivity contribution in [2.75, 3.05) is 64.8 Å². The number of unbranched alkanes of at least 4 members (excludes halogenated alkanes) is 15. The number of rotatable bonds is 32. The van der Waals surface area contributed by atoms with E-state index in [1.54, 1.807) is 24.3 Å². The second-order valence-corrected chi connectivity index (χ2v) is 12.6. The molecular weight excluding hydrogens is 647 g/mol. The Bertz CT molecular complexity index is 1120. The lowest BCUT2D eigenvalue weighted by Gasteiger charge is -2.13. The maximum Gasteiger partial charge on any atom is 0.416 e. The second kappa shape index (κ2) is 29.0. The first kappa shape index (κ1) is 43.5. The van der Waals surface area contributed by atoms with Crippen LogP contribution in [0.3, 0.4) is 0 Å². The number of ether oxygens (including phenoxy) is 5. The van der Waals surface area contributed by atoms with Gasteiger partial charge in [0.05, 0.1) is 63.1 Å². The van der Waals surface area contributed by atoms with Gasteiger partial charge in [0.2, 0.25) is 0 Å². The molecule has 2 rings (SSSR count). The number of nitrogens with one attached hydrogen (secondary N) is 1. The number of halogens is 3. The first-order valence-corrected chi connectivity index (χ1v) is 18.9. The summed E-state index contributed by atoms with van der Waals surface area (Å²) < 4.78 is 66.6. The molecule has 0 saturated carbocycles. The van der Waals surface area contributed by atoms with Gasteiger partial charge in [0, 0.05) is 12.3 Å². The van der Waals surface area contributed by atoms with Gasteiger partial charge in [-0.3, -0.25) is 0 Å². The zero-order chi connectivity index (χ0) is 36.0. The zero-order valence-electron chi connectivity index (χ0n) is 30.4. The standard InChI is InChI=1S/C40H62F3NO6/c1-2-3-4-5-6-7-8-9-10-11-12-13-14-15-16-19-25-46-26-27-47-28-29-48-30-31-49-32-33-50-39(45)37-23-17-18-24-38(37)44-36-22-20-21-35(34-36)40(41,42)43/h17-18,20-24,34,44H,2-16,19,25-33H2,1H3. The first-order chi connectivity index (χ1) is 24.4. The molecule has 0 unspecified atom stereocenters. The summed E-state index contributed by atoms with van der Waals surface area (Å²) >= 11 is 0. The fourth-order valence-electron chi connectivity index (χ4n) is 5.48. The Kier molecular flexibility index (Phi) is 25.2. The lowest BCUT2D eigenvalue weighted by molar-refractivity contribution is -0.137. The molecule has 0 heterocycles. The number of alkyl halides is 3. The third-order valence-corrected chi connectivity index (χ3v) is 8.33. The highest BCUT2D eigenvalue weighted by Crippen LogP contribution is 2.32. The smallest absolute Gasteiger partial charge is 0.416 e. The summed E-state index contributed by atoms with van der Waals surface area (Å²) in [6.07, 6.45) is 17.3. The number of hydrogen-bond acceptors (Lipinski definition) is 7. The normalized spacial score (nSPS) is 11.6. The van der Waals surface area contributed by atoms with Gasteiger partial charge in [-0.2, -0.15) is 13.2 Å². The average molecular weight is 710 g/mol. The Hall–Kier alpha value is -2.66. The number of anilines is 2. The minimum atomic E-state index is -4.46. The highest BCUT2D eigenvalue weighted by Gasteiger charge is 2.30. The van der Waals surface area contributed by atoms with Gasteiger partial charge in [-0.15, -0.1) is 0 Å². The molecule has 0 aliphatic carbocycles. The van der Waals surface area contributed by atoms with E-state index in [1.807, 2.05) is 0 Å². The molecule has 0 bridgehead atoms. The Morgan fingerprint density at radius 1 is 0.560 bits per heavy atom. The van der Waals surface area contributed by atoms with Gasteiger partial charge in [0.25, 0.3) is 0 Å². The quantitative estimate of drug-likeness (QED) is 0.0599. The van der Waals surface area contributed by atoms with Crippen LogP contribution in [0.5, 0.6) is 0 Å². The van der Waals surface area contributed by atoms with Gasteiger partial charge in [0.1, 0.15) is 6.61 Å². The third-order valence-electron chi connectivity index (χ3n) is 8.33. The summed E-state index contributed by atoms with van der Waals surface area (Å²) in [6, 6.07) is 11.3. The van der Waals surface area contributed by atoms with Crippen LogP contribution in [0.4, 0.5) is 24.5 Å². The van der Waals surface area contributed by atoms with Gasteiger partial charge in [-0.1, -0.05) is 121 Å². The van der Waals surface area contributed by atoms with Crippen molar-refractivity contribution in [2.45, 2.75) is 116 Å². The molecule has 2 aromatic rings. The van der Waals surface area contributed by atoms with Crippen molar-refractivity contribution in [3.63, 3.8) is 0 Å². The molecule has 0 aliphatic rings. The molecule has 0 radical (unpaired) electrons. The maximum absolute atomic E-state index is 13.0. The summed E-state index contributed by atoms with van der Waals surface area (Å²) in [4.78, 5) is 12.6. The molecule has 0 spiro atoms. The minimum absolute atomic E-state index is 0.0271. The summed E-state index contributed by atoms with van der Waals surface area (Å²) in [7, 11) is 0. The van der Waals surface area contributed by atoms with E-state index in [1.165, 1.54) is 108 Å². The third kappa shape index (κ3) is 22.2. The first-order valence-electron chi connectivity index (χ1n) is 18.9. The maximum atomic E-state index is 13.0. The summed E-state index contributed by atoms with van der Waals surface area (Å²) in [5.41, 5.74) is -0.0195. The number of para-hydroxylation sites is 1. The van der Waals surface area contributed by atoms with Crippen LogP contribution >= 0.6 is 0 Å². The number of benzene rings is 2. The lowest BCUT2D eigenvalue weighted by Crippen LogP contribution is -2.15. The molecule has 1 N–H and O–H groups in total. The van der Waals surface area contributed by atoms with Crippen LogP contribution in [-0.4, -0.2) is 65.4 Å². The molecule has 10 heteroatoms. The molecule has 0 saturated heterocycles. The predicted octanol–water partition coefficient (Wildman–Crippen LogP) is 10.9. The van der Waals surface area contributed by atoms with Gasteiger partial charge in [0.15, 0.2) is 0 Å². The van der Waals surface area contributed by atoms with Gasteiger partial charge in [-0.05, 0) is 36.8 Å². The Balaban J connectivity index is 1.33. The Morgan fingerprint density at radius 2 is 1.02 bits per heavy atom. The Morgan fingerprint density at radius 3 is 1.54 bits per heavy atom. The molecule has 0 fully saturated rings. The fraction of sp³-hybridized carbons (Fsp3) is 0.675. The van der Waals surface area contributed by atoms with Crippen LogP contribution in [0, 0.1) is 0 Å². The van der Waals surface area contributed by atoms with Crippen molar-refractivity contribution >= 4 is 17.3 Å². The topological polar surface area (TPSA) is 75.2 Å². The van der Waals surface area contributed by atoms with Crippen LogP contribution in [-0.2, 0) is 29.9 Å². The molecule has 7 nitrogen and oxygen atoms in total. The van der Waals surface area contributed by atoms with Crippen molar-refractivity contribution in [1.82, 2.24) is 0 Å². The zero-order valence-corrected chi connectivity index (χ0v) is 30.4. The minimum Gasteiger partial charge on any atom is -0.460 e. The van der Waals surface area contributed by atoms with Gasteiger partial charge in [-0.25, -0.2) is 4.79 Å². The molecular formula is C40H62F3NO6. The van der Waals surface area contributed by atoms with Gasteiger partial charge < -0.3 is 29.0 Å². The van der Waals surface area contributed by atoms with Crippen molar-refractivity contribution in [3.8, 4) is 0 Å². The highest BCUT2D eigenvalue weighted by atomic mass is 19.4. The van der Waals surface area contributed by atoms with Crippen molar-refractivity contribution in [1.29, 1.82) is 0 Å². The van der Waals surface area contributed by atoms with E-state index < -0.39 is 17.7 Å². The number of hydrogen-bond donors (Lipinski definition) is 1. The van der Waals surface area contributed by atoms with E-state index in [0.29, 0.717) is 45.3 Å². The number of carbonyl (C=O) groups excluding carboxylic acids is 1. The van der Waals surface area contributed by atoms with Crippen LogP contribution in [0.2, 0.25) is 0 Å². The summed E-state index contributed by atoms with van der Waals surface area (Å²) in [5.74, 6) is -0.605. The molecule has 284 valence electrons. The monoisotopic (exact) mass is 709 g/mol. The van der Waals surface area contributed by atoms with Crippen LogP contribution in [0.25, 0.3) is 0 Å². The van der Waals surface area contributed by atoms with E-state index in [0.717, 1.165) is 25.2 Å². The molecule has 0 aliphatic heterocycles. The summed E-state index contributed by atoms with van der Waals surface area (Å²) in [5, 5.41) is 2.87. The Labute approximate surface area is 298 Å². The number of carbonyl (C=O) groups is 1. The predicted molar refractivity (Wildman–Crippen MR) is 194 cm³/mol. The van der Waals surface area contributed by atoms with Crippen molar-refractivity contribution in [2.24, 2.45) is 0 Å². The van der Waals surface area contributed by atoms with Crippen molar-refractivity contribution < 1.29 is 41.7 Å². The van der Waals surface area contributed by atoms with Crippen LogP contribution < -0.4 is 5.32 Å². The van der Waals surface area contributed by atoms with Crippen molar-refractivity contribution in [3.05, 3.63) is 59.7 Å². The molecule has 0 atom stereocenters. The summed E-state index contributed by atoms with van der Waals surface area (Å²) in [6.45, 7) is 6.07. The molecule has 0 amide bonds. The molecule has 50 heavy (non-hydrogen) atoms. The molecule has 2 aromatic carbocycles. The van der Waals surface area contributed by atoms with Gasteiger partial charge >= 0.3 is 12.1 Å². The van der Waals surface area contributed by atoms with E-state index in [2.05, 4.69) is 12.2 Å². The molecule has 0 aromatic heterocycles.